The fourth-order valence-electron chi connectivity index (χ4n) is 0.353. The zero-order chi connectivity index (χ0) is 7.33. The minimum atomic E-state index is -1.98. The molecule has 0 aromatic rings. The first-order chi connectivity index (χ1) is 4.12. The van der Waals surface area contributed by atoms with Crippen LogP contribution in [0.4, 0.5) is 0 Å². The molecular formula is C4H10O2PSSe. The summed E-state index contributed by atoms with van der Waals surface area (Å²) in [5, 5.41) is -1.98. The number of rotatable bonds is 4. The Morgan fingerprint density at radius 3 is 1.89 bits per heavy atom. The Hall–Kier alpha value is 1.09. The average molecular weight is 232 g/mol. The van der Waals surface area contributed by atoms with Crippen LogP contribution in [0.5, 0.6) is 0 Å². The first-order valence-electron chi connectivity index (χ1n) is 2.72. The van der Waals surface area contributed by atoms with Gasteiger partial charge in [0, 0.05) is 0 Å². The van der Waals surface area contributed by atoms with E-state index in [4.69, 9.17) is 20.9 Å². The Labute approximate surface area is 68.9 Å². The Balaban J connectivity index is 3.58. The van der Waals surface area contributed by atoms with E-state index in [-0.39, 0.29) is 0 Å². The summed E-state index contributed by atoms with van der Waals surface area (Å²) in [5.74, 6) is 0. The molecule has 9 heavy (non-hydrogen) atoms. The molecule has 0 aromatic carbocycles. The maximum absolute atomic E-state index is 5.12. The zero-order valence-electron chi connectivity index (χ0n) is 5.49. The Kier molecular flexibility index (Phi) is 5.42. The van der Waals surface area contributed by atoms with E-state index in [0.717, 1.165) is 0 Å². The molecule has 0 aromatic heterocycles. The van der Waals surface area contributed by atoms with Gasteiger partial charge in [-0.2, -0.15) is 0 Å². The summed E-state index contributed by atoms with van der Waals surface area (Å²) in [4.78, 5) is 0. The van der Waals surface area contributed by atoms with Gasteiger partial charge in [-0.05, 0) is 0 Å². The second-order valence-electron chi connectivity index (χ2n) is 1.28. The van der Waals surface area contributed by atoms with Crippen LogP contribution in [0.3, 0.4) is 0 Å². The van der Waals surface area contributed by atoms with Crippen molar-refractivity contribution in [1.29, 1.82) is 0 Å². The van der Waals surface area contributed by atoms with E-state index in [0.29, 0.717) is 13.2 Å². The number of hydrogen-bond acceptors (Lipinski definition) is 3. The molecule has 1 radical (unpaired) electrons. The Morgan fingerprint density at radius 1 is 1.33 bits per heavy atom. The predicted octanol–water partition coefficient (Wildman–Crippen LogP) is 1.45. The molecule has 0 bridgehead atoms. The van der Waals surface area contributed by atoms with Gasteiger partial charge in [0.1, 0.15) is 0 Å². The van der Waals surface area contributed by atoms with Crippen molar-refractivity contribution < 1.29 is 9.05 Å². The third-order valence-corrected chi connectivity index (χ3v) is 3.68. The van der Waals surface area contributed by atoms with Crippen LogP contribution in [0, 0.1) is 0 Å². The fraction of sp³-hybridized carbons (Fsp3) is 1.00. The molecule has 0 aliphatic heterocycles. The summed E-state index contributed by atoms with van der Waals surface area (Å²) in [7, 11) is 0. The summed E-state index contributed by atoms with van der Waals surface area (Å²) in [5.41, 5.74) is 0. The quantitative estimate of drug-likeness (QED) is 0.540. The van der Waals surface area contributed by atoms with E-state index in [9.17, 15) is 0 Å². The van der Waals surface area contributed by atoms with Crippen LogP contribution in [0.15, 0.2) is 0 Å². The van der Waals surface area contributed by atoms with E-state index in [2.05, 4.69) is 15.6 Å². The fourth-order valence-corrected chi connectivity index (χ4v) is 3.02. The molecule has 0 aliphatic rings. The van der Waals surface area contributed by atoms with Crippen molar-refractivity contribution in [3.63, 3.8) is 0 Å². The molecule has 0 saturated heterocycles. The van der Waals surface area contributed by atoms with Crippen LogP contribution in [-0.2, 0) is 20.9 Å². The summed E-state index contributed by atoms with van der Waals surface area (Å²) >= 11 is 7.69. The van der Waals surface area contributed by atoms with Gasteiger partial charge in [-0.15, -0.1) is 0 Å². The molecule has 0 saturated carbocycles. The van der Waals surface area contributed by atoms with Gasteiger partial charge in [0.25, 0.3) is 0 Å². The van der Waals surface area contributed by atoms with Crippen molar-refractivity contribution in [2.45, 2.75) is 13.8 Å². The van der Waals surface area contributed by atoms with Crippen LogP contribution in [-0.4, -0.2) is 28.8 Å². The molecule has 0 unspecified atom stereocenters. The molecule has 0 rings (SSSR count). The molecule has 0 heterocycles. The molecule has 2 nitrogen and oxygen atoms in total. The van der Waals surface area contributed by atoms with Crippen LogP contribution in [0.25, 0.3) is 0 Å². The van der Waals surface area contributed by atoms with E-state index in [1.807, 2.05) is 13.8 Å². The monoisotopic (exact) mass is 233 g/mol. The van der Waals surface area contributed by atoms with E-state index in [1.165, 1.54) is 0 Å². The standard InChI is InChI=1S/C4H10O2PSSe/c1-3-5-7(8,9)6-4-2/h3-4H2,1-2H3. The molecule has 0 atom stereocenters. The Bertz CT molecular complexity index is 109. The SMILES string of the molecule is CCOP(=S)([Se])OCC. The van der Waals surface area contributed by atoms with Gasteiger partial charge in [0.15, 0.2) is 0 Å². The maximum atomic E-state index is 5.12. The van der Waals surface area contributed by atoms with Gasteiger partial charge in [0.05, 0.1) is 0 Å². The van der Waals surface area contributed by atoms with Gasteiger partial charge in [-0.3, -0.25) is 0 Å². The van der Waals surface area contributed by atoms with Crippen molar-refractivity contribution in [2.24, 2.45) is 0 Å². The third kappa shape index (κ3) is 5.53. The van der Waals surface area contributed by atoms with Crippen LogP contribution < -0.4 is 0 Å². The van der Waals surface area contributed by atoms with Gasteiger partial charge >= 0.3 is 68.7 Å². The number of hydrogen-bond donors (Lipinski definition) is 0. The van der Waals surface area contributed by atoms with E-state index >= 15 is 0 Å². The molecule has 0 aliphatic carbocycles. The van der Waals surface area contributed by atoms with Crippen molar-refractivity contribution in [3.05, 3.63) is 0 Å². The average Bonchev–Trinajstić information content (AvgIpc) is 1.64. The van der Waals surface area contributed by atoms with Crippen molar-refractivity contribution in [2.75, 3.05) is 13.2 Å². The summed E-state index contributed by atoms with van der Waals surface area (Å²) < 4.78 is 10.2. The first kappa shape index (κ1) is 10.1. The Morgan fingerprint density at radius 2 is 1.67 bits per heavy atom. The molecule has 0 spiro atoms. The summed E-state index contributed by atoms with van der Waals surface area (Å²) in [6, 6.07) is 0. The van der Waals surface area contributed by atoms with Crippen LogP contribution in [0.2, 0.25) is 0 Å². The minimum absolute atomic E-state index is 0.615. The van der Waals surface area contributed by atoms with Gasteiger partial charge in [-0.1, -0.05) is 0 Å². The normalized spacial score (nSPS) is 11.9. The van der Waals surface area contributed by atoms with Gasteiger partial charge in [0.2, 0.25) is 0 Å². The first-order valence-corrected chi connectivity index (χ1v) is 7.58. The molecule has 5 heteroatoms. The molecule has 55 valence electrons. The second kappa shape index (κ2) is 4.84. The van der Waals surface area contributed by atoms with Crippen molar-refractivity contribution in [1.82, 2.24) is 0 Å². The molecule has 0 N–H and O–H groups in total. The summed E-state index contributed by atoms with van der Waals surface area (Å²) in [6.45, 7) is 5.03. The van der Waals surface area contributed by atoms with Crippen molar-refractivity contribution in [3.8, 4) is 0 Å². The van der Waals surface area contributed by atoms with Crippen molar-refractivity contribution >= 4 is 32.6 Å². The van der Waals surface area contributed by atoms with Gasteiger partial charge < -0.3 is 0 Å². The van der Waals surface area contributed by atoms with Gasteiger partial charge in [-0.25, -0.2) is 0 Å². The molecule has 0 fully saturated rings. The predicted molar refractivity (Wildman–Crippen MR) is 43.3 cm³/mol. The molecular weight excluding hydrogens is 222 g/mol. The van der Waals surface area contributed by atoms with Crippen LogP contribution in [0.1, 0.15) is 13.8 Å². The topological polar surface area (TPSA) is 18.5 Å². The second-order valence-corrected chi connectivity index (χ2v) is 8.73. The zero-order valence-corrected chi connectivity index (χ0v) is 8.92. The third-order valence-electron chi connectivity index (χ3n) is 0.574. The van der Waals surface area contributed by atoms with Crippen LogP contribution >= 0.6 is 5.18 Å². The summed E-state index contributed by atoms with van der Waals surface area (Å²) in [6.07, 6.45) is 0. The van der Waals surface area contributed by atoms with E-state index in [1.54, 1.807) is 0 Å². The van der Waals surface area contributed by atoms with E-state index < -0.39 is 5.18 Å². The molecule has 0 amide bonds.